The van der Waals surface area contributed by atoms with Gasteiger partial charge in [0.1, 0.15) is 5.75 Å². The highest BCUT2D eigenvalue weighted by molar-refractivity contribution is 5.97. The summed E-state index contributed by atoms with van der Waals surface area (Å²) in [5.41, 5.74) is 2.18. The number of carbonyl (C=O) groups excluding carboxylic acids is 2. The maximum atomic E-state index is 13.0. The number of para-hydroxylation sites is 1. The van der Waals surface area contributed by atoms with Crippen LogP contribution in [0.25, 0.3) is 0 Å². The number of ether oxygens (including phenoxy) is 1. The number of methoxy groups -OCH3 is 1. The smallest absolute Gasteiger partial charge is 0.251 e. The van der Waals surface area contributed by atoms with Crippen molar-refractivity contribution in [1.82, 2.24) is 19.8 Å². The lowest BCUT2D eigenvalue weighted by Gasteiger charge is -2.29. The summed E-state index contributed by atoms with van der Waals surface area (Å²) < 4.78 is 7.44. The normalized spacial score (nSPS) is 14.5. The molecule has 2 aromatic carbocycles. The maximum Gasteiger partial charge on any atom is 0.251 e. The molecule has 3 aromatic rings. The Bertz CT molecular complexity index is 1090. The van der Waals surface area contributed by atoms with Crippen molar-refractivity contribution in [2.24, 2.45) is 0 Å². The van der Waals surface area contributed by atoms with Crippen LogP contribution in [0.2, 0.25) is 0 Å². The highest BCUT2D eigenvalue weighted by atomic mass is 16.5. The summed E-state index contributed by atoms with van der Waals surface area (Å²) in [5.74, 6) is 0.541. The molecule has 0 radical (unpaired) electrons. The van der Waals surface area contributed by atoms with E-state index < -0.39 is 0 Å². The Balaban J connectivity index is 1.38. The Morgan fingerprint density at radius 2 is 1.94 bits per heavy atom. The molecule has 2 N–H and O–H groups in total. The average Bonchev–Trinajstić information content (AvgIpc) is 3.58. The van der Waals surface area contributed by atoms with Gasteiger partial charge in [0.25, 0.3) is 5.91 Å². The summed E-state index contributed by atoms with van der Waals surface area (Å²) in [6.45, 7) is 3.02. The van der Waals surface area contributed by atoms with Gasteiger partial charge in [-0.05, 0) is 50.2 Å². The molecule has 0 saturated carbocycles. The molecule has 1 aliphatic heterocycles. The van der Waals surface area contributed by atoms with Gasteiger partial charge in [0.15, 0.2) is 0 Å². The van der Waals surface area contributed by atoms with Crippen molar-refractivity contribution in [3.63, 3.8) is 0 Å². The van der Waals surface area contributed by atoms with Gasteiger partial charge in [0, 0.05) is 48.7 Å². The number of amides is 2. The molecule has 1 aromatic heterocycles. The molecule has 1 aliphatic rings. The van der Waals surface area contributed by atoms with Crippen LogP contribution in [0.5, 0.6) is 5.75 Å². The topological polar surface area (TPSA) is 88.5 Å². The number of rotatable bonds is 10. The number of benzene rings is 2. The Labute approximate surface area is 199 Å². The van der Waals surface area contributed by atoms with E-state index in [1.807, 2.05) is 29.0 Å². The van der Waals surface area contributed by atoms with E-state index in [-0.39, 0.29) is 17.9 Å². The highest BCUT2D eigenvalue weighted by Gasteiger charge is 2.26. The molecule has 1 fully saturated rings. The van der Waals surface area contributed by atoms with E-state index >= 15 is 0 Å². The second-order valence-corrected chi connectivity index (χ2v) is 8.39. The molecule has 0 spiro atoms. The van der Waals surface area contributed by atoms with Crippen LogP contribution in [0.4, 0.5) is 5.69 Å². The Hall–Kier alpha value is -3.65. The first-order chi connectivity index (χ1) is 16.6. The summed E-state index contributed by atoms with van der Waals surface area (Å²) in [4.78, 5) is 31.7. The quantitative estimate of drug-likeness (QED) is 0.483. The third-order valence-corrected chi connectivity index (χ3v) is 6.10. The molecule has 34 heavy (non-hydrogen) atoms. The van der Waals surface area contributed by atoms with Crippen molar-refractivity contribution < 1.29 is 14.3 Å². The zero-order valence-electron chi connectivity index (χ0n) is 19.4. The van der Waals surface area contributed by atoms with Gasteiger partial charge in [-0.2, -0.15) is 0 Å². The fourth-order valence-electron chi connectivity index (χ4n) is 4.33. The van der Waals surface area contributed by atoms with Crippen molar-refractivity contribution in [1.29, 1.82) is 0 Å². The largest absolute Gasteiger partial charge is 0.496 e. The van der Waals surface area contributed by atoms with Crippen molar-refractivity contribution in [2.75, 3.05) is 32.1 Å². The van der Waals surface area contributed by atoms with Crippen molar-refractivity contribution in [3.8, 4) is 5.75 Å². The first-order valence-electron chi connectivity index (χ1n) is 11.6. The summed E-state index contributed by atoms with van der Waals surface area (Å²) in [5, 5.41) is 5.96. The van der Waals surface area contributed by atoms with Crippen LogP contribution in [0.3, 0.4) is 0 Å². The highest BCUT2D eigenvalue weighted by Crippen LogP contribution is 2.31. The molecule has 0 bridgehead atoms. The van der Waals surface area contributed by atoms with E-state index in [1.54, 1.807) is 43.9 Å². The second kappa shape index (κ2) is 11.5. The number of imidazole rings is 1. The first kappa shape index (κ1) is 23.5. The van der Waals surface area contributed by atoms with Gasteiger partial charge in [-0.3, -0.25) is 14.5 Å². The number of nitrogens with zero attached hydrogens (tertiary/aromatic N) is 3. The van der Waals surface area contributed by atoms with E-state index in [9.17, 15) is 9.59 Å². The molecule has 1 atom stereocenters. The third kappa shape index (κ3) is 6.02. The number of likely N-dealkylation sites (tertiary alicyclic amines) is 1. The van der Waals surface area contributed by atoms with Crippen molar-refractivity contribution in [3.05, 3.63) is 78.4 Å². The zero-order valence-corrected chi connectivity index (χ0v) is 19.4. The lowest BCUT2D eigenvalue weighted by atomic mass is 10.0. The van der Waals surface area contributed by atoms with Crippen molar-refractivity contribution in [2.45, 2.75) is 31.8 Å². The monoisotopic (exact) mass is 461 g/mol. The summed E-state index contributed by atoms with van der Waals surface area (Å²) >= 11 is 0. The van der Waals surface area contributed by atoms with Crippen LogP contribution in [-0.2, 0) is 11.3 Å². The van der Waals surface area contributed by atoms with Crippen LogP contribution in [0, 0.1) is 0 Å². The van der Waals surface area contributed by atoms with Crippen LogP contribution in [-0.4, -0.2) is 53.0 Å². The minimum absolute atomic E-state index is 0.0358. The van der Waals surface area contributed by atoms with Gasteiger partial charge in [-0.25, -0.2) is 4.98 Å². The molecular weight excluding hydrogens is 430 g/mol. The number of hydrogen-bond acceptors (Lipinski definition) is 5. The number of aromatic nitrogens is 2. The molecular formula is C26H31N5O3. The zero-order chi connectivity index (χ0) is 23.8. The van der Waals surface area contributed by atoms with Crippen LogP contribution < -0.4 is 15.4 Å². The first-order valence-corrected chi connectivity index (χ1v) is 11.6. The average molecular weight is 462 g/mol. The van der Waals surface area contributed by atoms with Gasteiger partial charge < -0.3 is 19.9 Å². The summed E-state index contributed by atoms with van der Waals surface area (Å²) in [6.07, 6.45) is 7.81. The fraction of sp³-hybridized carbons (Fsp3) is 0.346. The maximum absolute atomic E-state index is 13.0. The number of hydrogen-bond donors (Lipinski definition) is 2. The predicted octanol–water partition coefficient (Wildman–Crippen LogP) is 3.49. The molecule has 2 amide bonds. The number of nitrogens with one attached hydrogen (secondary N) is 2. The Kier molecular flexibility index (Phi) is 7.93. The Morgan fingerprint density at radius 3 is 2.71 bits per heavy atom. The lowest BCUT2D eigenvalue weighted by molar-refractivity contribution is -0.116. The van der Waals surface area contributed by atoms with E-state index in [1.165, 1.54) is 0 Å². The van der Waals surface area contributed by atoms with E-state index in [0.717, 1.165) is 37.2 Å². The third-order valence-electron chi connectivity index (χ3n) is 6.10. The van der Waals surface area contributed by atoms with Crippen LogP contribution in [0.15, 0.2) is 67.3 Å². The van der Waals surface area contributed by atoms with E-state index in [0.29, 0.717) is 30.8 Å². The van der Waals surface area contributed by atoms with Crippen molar-refractivity contribution >= 4 is 17.5 Å². The van der Waals surface area contributed by atoms with Crippen LogP contribution >= 0.6 is 0 Å². The number of anilines is 1. The van der Waals surface area contributed by atoms with E-state index in [4.69, 9.17) is 4.74 Å². The molecule has 8 heteroatoms. The molecule has 4 rings (SSSR count). The van der Waals surface area contributed by atoms with Gasteiger partial charge in [0.05, 0.1) is 19.5 Å². The Morgan fingerprint density at radius 1 is 1.12 bits per heavy atom. The SMILES string of the molecule is COc1ccccc1C(CNC(=O)c1cccc(NC(=O)CCn2ccnc2)c1)N1CCCC1. The van der Waals surface area contributed by atoms with E-state index in [2.05, 4.69) is 26.6 Å². The standard InChI is InChI=1S/C26H31N5O3/c1-34-24-10-3-2-9-22(24)23(31-13-4-5-14-31)18-28-26(33)20-7-6-8-21(17-20)29-25(32)11-15-30-16-12-27-19-30/h2-3,6-10,12,16-17,19,23H,4-5,11,13-15,18H2,1H3,(H,28,33)(H,29,32). The summed E-state index contributed by atoms with van der Waals surface area (Å²) in [6, 6.07) is 15.0. The van der Waals surface area contributed by atoms with Gasteiger partial charge in [-0.1, -0.05) is 24.3 Å². The number of carbonyl (C=O) groups is 2. The minimum atomic E-state index is -0.173. The molecule has 0 aliphatic carbocycles. The molecule has 178 valence electrons. The molecule has 1 unspecified atom stereocenters. The molecule has 8 nitrogen and oxygen atoms in total. The predicted molar refractivity (Wildman–Crippen MR) is 131 cm³/mol. The lowest BCUT2D eigenvalue weighted by Crippen LogP contribution is -2.37. The molecule has 2 heterocycles. The summed E-state index contributed by atoms with van der Waals surface area (Å²) in [7, 11) is 1.67. The van der Waals surface area contributed by atoms with Gasteiger partial charge in [-0.15, -0.1) is 0 Å². The fourth-order valence-corrected chi connectivity index (χ4v) is 4.33. The molecule has 1 saturated heterocycles. The second-order valence-electron chi connectivity index (χ2n) is 8.39. The number of aryl methyl sites for hydroxylation is 1. The van der Waals surface area contributed by atoms with Gasteiger partial charge in [0.2, 0.25) is 5.91 Å². The van der Waals surface area contributed by atoms with Gasteiger partial charge >= 0.3 is 0 Å². The van der Waals surface area contributed by atoms with Crippen LogP contribution in [0.1, 0.15) is 41.2 Å². The minimum Gasteiger partial charge on any atom is -0.496 e.